The summed E-state index contributed by atoms with van der Waals surface area (Å²) in [5, 5.41) is 12.6. The molecule has 0 bridgehead atoms. The van der Waals surface area contributed by atoms with Crippen molar-refractivity contribution in [3.63, 3.8) is 0 Å². The van der Waals surface area contributed by atoms with Gasteiger partial charge < -0.3 is 19.9 Å². The number of carbonyl (C=O) groups excluding carboxylic acids is 1. The number of nitrogens with zero attached hydrogens (tertiary/aromatic N) is 3. The van der Waals surface area contributed by atoms with Crippen molar-refractivity contribution < 1.29 is 13.9 Å². The number of rotatable bonds is 11. The number of ether oxygens (including phenoxy) is 1. The number of amides is 1. The summed E-state index contributed by atoms with van der Waals surface area (Å²) < 4.78 is 20.5. The number of carbonyl (C=O) groups is 1. The lowest BCUT2D eigenvalue weighted by molar-refractivity contribution is -0.116. The molecule has 0 aliphatic heterocycles. The molecule has 0 fully saturated rings. The van der Waals surface area contributed by atoms with Crippen molar-refractivity contribution in [2.24, 2.45) is 0 Å². The van der Waals surface area contributed by atoms with Crippen LogP contribution in [0.5, 0.6) is 5.75 Å². The van der Waals surface area contributed by atoms with E-state index in [1.165, 1.54) is 12.1 Å². The van der Waals surface area contributed by atoms with E-state index in [0.29, 0.717) is 24.5 Å². The van der Waals surface area contributed by atoms with Gasteiger partial charge in [-0.1, -0.05) is 31.5 Å². The molecule has 0 atom stereocenters. The zero-order chi connectivity index (χ0) is 30.6. The summed E-state index contributed by atoms with van der Waals surface area (Å²) in [5.41, 5.74) is 7.57. The van der Waals surface area contributed by atoms with Crippen molar-refractivity contribution >= 4 is 33.4 Å². The van der Waals surface area contributed by atoms with Gasteiger partial charge in [0.1, 0.15) is 23.9 Å². The van der Waals surface area contributed by atoms with Crippen LogP contribution >= 0.6 is 0 Å². The number of unbranched alkanes of at least 4 members (excludes halogenated alkanes) is 1. The minimum Gasteiger partial charge on any atom is -0.492 e. The van der Waals surface area contributed by atoms with E-state index in [1.54, 1.807) is 12.4 Å². The summed E-state index contributed by atoms with van der Waals surface area (Å²) >= 11 is 0. The molecule has 224 valence electrons. The van der Waals surface area contributed by atoms with Crippen LogP contribution in [0.1, 0.15) is 26.2 Å². The Bertz CT molecular complexity index is 1940. The highest BCUT2D eigenvalue weighted by atomic mass is 19.1. The quantitative estimate of drug-likeness (QED) is 0.144. The topological polar surface area (TPSA) is 98.9 Å². The maximum Gasteiger partial charge on any atom is 0.224 e. The van der Waals surface area contributed by atoms with Crippen molar-refractivity contribution in [1.82, 2.24) is 25.1 Å². The second-order valence-corrected chi connectivity index (χ2v) is 11.2. The first-order valence-electron chi connectivity index (χ1n) is 14.8. The van der Waals surface area contributed by atoms with Crippen LogP contribution in [0.3, 0.4) is 0 Å². The molecule has 0 radical (unpaired) electrons. The van der Waals surface area contributed by atoms with Gasteiger partial charge >= 0.3 is 0 Å². The van der Waals surface area contributed by atoms with Crippen LogP contribution < -0.4 is 10.1 Å². The van der Waals surface area contributed by atoms with Gasteiger partial charge in [0.25, 0.3) is 0 Å². The maximum absolute atomic E-state index is 14.7. The standard InChI is InChI=1S/C35H35FN6O2/c1-4-5-9-34(43)38-26-15-24(20-37-21-26)22-10-11-32-30(17-22)35(41-40-32)33-19-29-28(7-6-8-31(29)39-33)23-14-25(36)18-27(16-23)44-13-12-42(2)3/h6-8,10-11,14-21,39H,4-5,9,12-13H2,1-3H3,(H,38,43)(H,40,41). The van der Waals surface area contributed by atoms with Crippen molar-refractivity contribution in [3.05, 3.63) is 84.9 Å². The maximum atomic E-state index is 14.7. The first kappa shape index (κ1) is 29.1. The Hall–Kier alpha value is -5.02. The van der Waals surface area contributed by atoms with Gasteiger partial charge in [0.2, 0.25) is 5.91 Å². The number of fused-ring (bicyclic) bond motifs is 2. The van der Waals surface area contributed by atoms with Crippen LogP contribution in [0.4, 0.5) is 10.1 Å². The molecule has 0 spiro atoms. The average molecular weight is 591 g/mol. The zero-order valence-corrected chi connectivity index (χ0v) is 25.1. The molecule has 44 heavy (non-hydrogen) atoms. The molecule has 0 saturated heterocycles. The Balaban J connectivity index is 1.33. The monoisotopic (exact) mass is 590 g/mol. The molecule has 3 aromatic heterocycles. The Morgan fingerprint density at radius 1 is 0.955 bits per heavy atom. The predicted molar refractivity (Wildman–Crippen MR) is 174 cm³/mol. The second-order valence-electron chi connectivity index (χ2n) is 11.2. The number of aromatic nitrogens is 4. The Morgan fingerprint density at radius 3 is 2.68 bits per heavy atom. The van der Waals surface area contributed by atoms with Crippen molar-refractivity contribution in [2.75, 3.05) is 32.6 Å². The van der Waals surface area contributed by atoms with Crippen LogP contribution in [0, 0.1) is 5.82 Å². The molecule has 0 aliphatic carbocycles. The van der Waals surface area contributed by atoms with E-state index in [1.807, 2.05) is 61.5 Å². The zero-order valence-electron chi connectivity index (χ0n) is 25.1. The Morgan fingerprint density at radius 2 is 1.84 bits per heavy atom. The molecule has 0 aliphatic rings. The van der Waals surface area contributed by atoms with E-state index in [-0.39, 0.29) is 11.7 Å². The second kappa shape index (κ2) is 12.7. The average Bonchev–Trinajstić information content (AvgIpc) is 3.63. The number of benzene rings is 3. The van der Waals surface area contributed by atoms with E-state index >= 15 is 0 Å². The van der Waals surface area contributed by atoms with Crippen LogP contribution in [0.25, 0.3) is 55.4 Å². The highest BCUT2D eigenvalue weighted by Crippen LogP contribution is 2.36. The van der Waals surface area contributed by atoms with Gasteiger partial charge in [-0.25, -0.2) is 4.39 Å². The van der Waals surface area contributed by atoms with Gasteiger partial charge in [-0.05, 0) is 79.7 Å². The number of nitrogens with one attached hydrogen (secondary N) is 3. The molecule has 3 N–H and O–H groups in total. The largest absolute Gasteiger partial charge is 0.492 e. The molecular weight excluding hydrogens is 555 g/mol. The summed E-state index contributed by atoms with van der Waals surface area (Å²) in [4.78, 5) is 22.2. The van der Waals surface area contributed by atoms with Crippen LogP contribution in [-0.2, 0) is 4.79 Å². The number of hydrogen-bond acceptors (Lipinski definition) is 5. The molecule has 6 aromatic rings. The number of anilines is 1. The number of H-pyrrole nitrogens is 2. The minimum absolute atomic E-state index is 0.0112. The van der Waals surface area contributed by atoms with E-state index in [9.17, 15) is 9.18 Å². The van der Waals surface area contributed by atoms with Crippen molar-refractivity contribution in [3.8, 4) is 39.4 Å². The molecule has 6 rings (SSSR count). The van der Waals surface area contributed by atoms with Crippen LogP contribution in [0.15, 0.2) is 79.1 Å². The molecule has 9 heteroatoms. The first-order chi connectivity index (χ1) is 21.4. The van der Waals surface area contributed by atoms with Crippen molar-refractivity contribution in [1.29, 1.82) is 0 Å². The summed E-state index contributed by atoms with van der Waals surface area (Å²) in [5.74, 6) is 0.141. The smallest absolute Gasteiger partial charge is 0.224 e. The van der Waals surface area contributed by atoms with Crippen LogP contribution in [0.2, 0.25) is 0 Å². The Labute approximate surface area is 255 Å². The molecule has 3 heterocycles. The highest BCUT2D eigenvalue weighted by Gasteiger charge is 2.16. The van der Waals surface area contributed by atoms with Gasteiger partial charge in [0, 0.05) is 47.1 Å². The normalized spacial score (nSPS) is 11.5. The molecular formula is C35H35FN6O2. The van der Waals surface area contributed by atoms with Gasteiger partial charge in [0.05, 0.1) is 23.1 Å². The van der Waals surface area contributed by atoms with Gasteiger partial charge in [-0.15, -0.1) is 0 Å². The molecule has 1 amide bonds. The van der Waals surface area contributed by atoms with Crippen molar-refractivity contribution in [2.45, 2.75) is 26.2 Å². The third-order valence-electron chi connectivity index (χ3n) is 7.58. The SMILES string of the molecule is CCCCC(=O)Nc1cncc(-c2ccc3[nH]nc(-c4cc5c(-c6cc(F)cc(OCCN(C)C)c6)cccc5[nH]4)c3c2)c1. The predicted octanol–water partition coefficient (Wildman–Crippen LogP) is 7.65. The van der Waals surface area contributed by atoms with E-state index in [2.05, 4.69) is 44.5 Å². The van der Waals surface area contributed by atoms with Gasteiger partial charge in [-0.2, -0.15) is 5.10 Å². The first-order valence-corrected chi connectivity index (χ1v) is 14.8. The third-order valence-corrected chi connectivity index (χ3v) is 7.58. The number of hydrogen-bond donors (Lipinski definition) is 3. The lowest BCUT2D eigenvalue weighted by Crippen LogP contribution is -2.19. The van der Waals surface area contributed by atoms with Gasteiger partial charge in [-0.3, -0.25) is 14.9 Å². The summed E-state index contributed by atoms with van der Waals surface area (Å²) in [6.45, 7) is 3.27. The fourth-order valence-corrected chi connectivity index (χ4v) is 5.31. The lowest BCUT2D eigenvalue weighted by Gasteiger charge is -2.12. The molecule has 0 unspecified atom stereocenters. The lowest BCUT2D eigenvalue weighted by atomic mass is 10.0. The number of likely N-dealkylation sites (N-methyl/N-ethyl adjacent to an activating group) is 1. The molecule has 3 aromatic carbocycles. The van der Waals surface area contributed by atoms with Gasteiger partial charge in [0.15, 0.2) is 0 Å². The number of aromatic amines is 2. The minimum atomic E-state index is -0.347. The number of halogens is 1. The fourth-order valence-electron chi connectivity index (χ4n) is 5.31. The highest BCUT2D eigenvalue weighted by molar-refractivity contribution is 6.02. The summed E-state index contributed by atoms with van der Waals surface area (Å²) in [6.07, 6.45) is 5.75. The summed E-state index contributed by atoms with van der Waals surface area (Å²) in [7, 11) is 3.94. The van der Waals surface area contributed by atoms with E-state index in [0.717, 1.165) is 74.8 Å². The van der Waals surface area contributed by atoms with Crippen LogP contribution in [-0.4, -0.2) is 58.2 Å². The van der Waals surface area contributed by atoms with E-state index < -0.39 is 0 Å². The third kappa shape index (κ3) is 6.33. The Kier molecular flexibility index (Phi) is 8.38. The fraction of sp³-hybridized carbons (Fsp3) is 0.229. The molecule has 8 nitrogen and oxygen atoms in total. The molecule has 0 saturated carbocycles. The van der Waals surface area contributed by atoms with E-state index in [4.69, 9.17) is 4.74 Å². The number of pyridine rings is 1. The summed E-state index contributed by atoms with van der Waals surface area (Å²) in [6, 6.07) is 20.8.